The lowest BCUT2D eigenvalue weighted by atomic mass is 10.0. The third-order valence-electron chi connectivity index (χ3n) is 5.96. The minimum absolute atomic E-state index is 0.653. The molecule has 5 nitrogen and oxygen atoms in total. The van der Waals surface area contributed by atoms with Gasteiger partial charge in [-0.1, -0.05) is 30.9 Å². The lowest BCUT2D eigenvalue weighted by molar-refractivity contribution is 0.566. The van der Waals surface area contributed by atoms with Gasteiger partial charge >= 0.3 is 0 Å². The summed E-state index contributed by atoms with van der Waals surface area (Å²) in [6.45, 7) is 6.04. The highest BCUT2D eigenvalue weighted by atomic mass is 16.3. The zero-order chi connectivity index (χ0) is 21.1. The Morgan fingerprint density at radius 3 is 2.77 bits per heavy atom. The van der Waals surface area contributed by atoms with E-state index in [0.717, 1.165) is 55.7 Å². The molecule has 0 saturated carbocycles. The van der Waals surface area contributed by atoms with E-state index in [1.807, 2.05) is 37.3 Å². The average molecular weight is 404 g/mol. The molecule has 0 atom stereocenters. The summed E-state index contributed by atoms with van der Waals surface area (Å²) in [6.07, 6.45) is 5.77. The predicted octanol–water partition coefficient (Wildman–Crippen LogP) is 6.16. The van der Waals surface area contributed by atoms with Crippen molar-refractivity contribution >= 4 is 50.6 Å². The molecule has 0 bridgehead atoms. The summed E-state index contributed by atoms with van der Waals surface area (Å²) in [6, 6.07) is 18.7. The van der Waals surface area contributed by atoms with E-state index in [9.17, 15) is 0 Å². The van der Waals surface area contributed by atoms with Crippen molar-refractivity contribution in [2.24, 2.45) is 7.05 Å². The summed E-state index contributed by atoms with van der Waals surface area (Å²) in [4.78, 5) is 9.16. The molecular formula is C26H20N4O. The number of allylic oxidation sites excluding steroid dienone is 2. The highest BCUT2D eigenvalue weighted by Crippen LogP contribution is 2.31. The monoisotopic (exact) mass is 404 g/mol. The number of benzene rings is 2. The van der Waals surface area contributed by atoms with Crippen molar-refractivity contribution in [1.82, 2.24) is 18.9 Å². The van der Waals surface area contributed by atoms with Crippen molar-refractivity contribution in [3.8, 4) is 0 Å². The molecule has 0 amide bonds. The molecule has 0 unspecified atom stereocenters. The largest absolute Gasteiger partial charge is 0.442 e. The molecule has 0 spiro atoms. The smallest absolute Gasteiger partial charge is 0.226 e. The predicted molar refractivity (Wildman–Crippen MR) is 126 cm³/mol. The van der Waals surface area contributed by atoms with Crippen LogP contribution in [0.5, 0.6) is 0 Å². The van der Waals surface area contributed by atoms with Gasteiger partial charge in [0, 0.05) is 24.2 Å². The fourth-order valence-corrected chi connectivity index (χ4v) is 4.41. The molecule has 4 heterocycles. The Kier molecular flexibility index (Phi) is 3.68. The number of nitrogens with zero attached hydrogens (tertiary/aromatic N) is 4. The van der Waals surface area contributed by atoms with Crippen LogP contribution in [0, 0.1) is 6.92 Å². The first kappa shape index (κ1) is 17.7. The van der Waals surface area contributed by atoms with Gasteiger partial charge in [-0.3, -0.25) is 4.40 Å². The van der Waals surface area contributed by atoms with E-state index < -0.39 is 0 Å². The zero-order valence-corrected chi connectivity index (χ0v) is 17.3. The van der Waals surface area contributed by atoms with Gasteiger partial charge in [-0.15, -0.1) is 0 Å². The molecule has 0 fully saturated rings. The van der Waals surface area contributed by atoms with Crippen LogP contribution in [0.4, 0.5) is 0 Å². The summed E-state index contributed by atoms with van der Waals surface area (Å²) >= 11 is 0. The fourth-order valence-electron chi connectivity index (χ4n) is 4.41. The molecule has 0 N–H and O–H groups in total. The van der Waals surface area contributed by atoms with Gasteiger partial charge in [0.2, 0.25) is 11.5 Å². The molecule has 31 heavy (non-hydrogen) atoms. The van der Waals surface area contributed by atoms with Crippen LogP contribution in [0.3, 0.4) is 0 Å². The molecule has 6 aromatic rings. The van der Waals surface area contributed by atoms with Gasteiger partial charge in [0.1, 0.15) is 5.76 Å². The quantitative estimate of drug-likeness (QED) is 0.332. The normalized spacial score (nSPS) is 12.5. The second kappa shape index (κ2) is 6.44. The summed E-state index contributed by atoms with van der Waals surface area (Å²) in [5.41, 5.74) is 8.15. The lowest BCUT2D eigenvalue weighted by Crippen LogP contribution is -1.88. The highest BCUT2D eigenvalue weighted by molar-refractivity contribution is 5.98. The van der Waals surface area contributed by atoms with Crippen LogP contribution in [0.2, 0.25) is 0 Å². The summed E-state index contributed by atoms with van der Waals surface area (Å²) in [5, 5.41) is 1.00. The van der Waals surface area contributed by atoms with Gasteiger partial charge in [0.25, 0.3) is 0 Å². The first-order chi connectivity index (χ1) is 15.2. The van der Waals surface area contributed by atoms with Crippen LogP contribution >= 0.6 is 0 Å². The van der Waals surface area contributed by atoms with E-state index in [-0.39, 0.29) is 0 Å². The Morgan fingerprint density at radius 2 is 1.90 bits per heavy atom. The number of rotatable bonds is 3. The van der Waals surface area contributed by atoms with Gasteiger partial charge in [-0.2, -0.15) is 0 Å². The maximum atomic E-state index is 5.84. The van der Waals surface area contributed by atoms with Crippen LogP contribution in [0.1, 0.15) is 16.9 Å². The van der Waals surface area contributed by atoms with Crippen molar-refractivity contribution in [2.75, 3.05) is 0 Å². The first-order valence-corrected chi connectivity index (χ1v) is 10.2. The van der Waals surface area contributed by atoms with Crippen molar-refractivity contribution < 1.29 is 4.42 Å². The number of fused-ring (bicyclic) bond motifs is 6. The van der Waals surface area contributed by atoms with E-state index in [2.05, 4.69) is 64.0 Å². The van der Waals surface area contributed by atoms with E-state index >= 15 is 0 Å². The average Bonchev–Trinajstić information content (AvgIpc) is 3.41. The third-order valence-corrected chi connectivity index (χ3v) is 5.96. The maximum Gasteiger partial charge on any atom is 0.226 e. The molecule has 6 rings (SSSR count). The van der Waals surface area contributed by atoms with Crippen LogP contribution in [-0.2, 0) is 7.05 Å². The number of pyridine rings is 1. The number of imidazole rings is 2. The Morgan fingerprint density at radius 1 is 1.03 bits per heavy atom. The second-order valence-corrected chi connectivity index (χ2v) is 7.73. The van der Waals surface area contributed by atoms with Gasteiger partial charge in [0.15, 0.2) is 0 Å². The van der Waals surface area contributed by atoms with Crippen molar-refractivity contribution in [3.63, 3.8) is 0 Å². The van der Waals surface area contributed by atoms with E-state index in [1.54, 1.807) is 6.20 Å². The molecular weight excluding hydrogens is 384 g/mol. The molecule has 0 radical (unpaired) electrons. The van der Waals surface area contributed by atoms with Crippen molar-refractivity contribution in [2.45, 2.75) is 6.92 Å². The minimum Gasteiger partial charge on any atom is -0.442 e. The fraction of sp³-hybridized carbons (Fsp3) is 0.0769. The van der Waals surface area contributed by atoms with Gasteiger partial charge < -0.3 is 8.98 Å². The SMILES string of the molecule is C=C/C(=C\c1c(C)oc2ncccc12)c1ccc2c(c1)n1c3ccccc3nc1n2C. The Bertz CT molecular complexity index is 1680. The van der Waals surface area contributed by atoms with Crippen molar-refractivity contribution in [1.29, 1.82) is 0 Å². The Hall–Kier alpha value is -4.12. The van der Waals surface area contributed by atoms with Crippen molar-refractivity contribution in [3.05, 3.63) is 90.3 Å². The molecule has 5 heteroatoms. The molecule has 0 aliphatic rings. The molecule has 150 valence electrons. The van der Waals surface area contributed by atoms with Gasteiger partial charge in [0.05, 0.1) is 22.1 Å². The van der Waals surface area contributed by atoms with Crippen LogP contribution in [-0.4, -0.2) is 18.9 Å². The standard InChI is InChI=1S/C26H20N4O/c1-4-17(14-20-16(2)31-25-19(20)8-7-13-27-25)18-11-12-23-24(15-18)30-22-10-6-5-9-21(22)28-26(30)29(23)3/h4-15H,1H2,2-3H3/b17-14+. The Labute approximate surface area is 178 Å². The molecule has 0 aliphatic carbocycles. The highest BCUT2D eigenvalue weighted by Gasteiger charge is 2.15. The molecule has 0 aliphatic heterocycles. The first-order valence-electron chi connectivity index (χ1n) is 10.2. The zero-order valence-electron chi connectivity index (χ0n) is 17.3. The Balaban J connectivity index is 1.61. The molecule has 0 saturated heterocycles. The number of hydrogen-bond donors (Lipinski definition) is 0. The number of furan rings is 1. The van der Waals surface area contributed by atoms with Crippen LogP contribution in [0.25, 0.3) is 50.6 Å². The number of aryl methyl sites for hydroxylation is 2. The van der Waals surface area contributed by atoms with E-state index in [0.29, 0.717) is 5.71 Å². The number of hydrogen-bond acceptors (Lipinski definition) is 3. The topological polar surface area (TPSA) is 48.3 Å². The second-order valence-electron chi connectivity index (χ2n) is 7.73. The third kappa shape index (κ3) is 2.50. The summed E-state index contributed by atoms with van der Waals surface area (Å²) in [5.74, 6) is 1.78. The summed E-state index contributed by atoms with van der Waals surface area (Å²) in [7, 11) is 2.06. The van der Waals surface area contributed by atoms with E-state index in [1.165, 1.54) is 0 Å². The van der Waals surface area contributed by atoms with Crippen LogP contribution in [0.15, 0.2) is 77.9 Å². The minimum atomic E-state index is 0.653. The molecule has 2 aromatic carbocycles. The van der Waals surface area contributed by atoms with Crippen LogP contribution < -0.4 is 0 Å². The molecule has 4 aromatic heterocycles. The number of aromatic nitrogens is 4. The van der Waals surface area contributed by atoms with Gasteiger partial charge in [-0.25, -0.2) is 9.97 Å². The maximum absolute atomic E-state index is 5.84. The number of para-hydroxylation sites is 2. The summed E-state index contributed by atoms with van der Waals surface area (Å²) < 4.78 is 10.2. The van der Waals surface area contributed by atoms with Gasteiger partial charge in [-0.05, 0) is 60.5 Å². The lowest BCUT2D eigenvalue weighted by Gasteiger charge is -2.05. The van der Waals surface area contributed by atoms with E-state index in [4.69, 9.17) is 9.40 Å².